The summed E-state index contributed by atoms with van der Waals surface area (Å²) in [6.45, 7) is 1.73. The van der Waals surface area contributed by atoms with Crippen molar-refractivity contribution in [2.75, 3.05) is 23.4 Å². The Morgan fingerprint density at radius 2 is 1.55 bits per heavy atom. The van der Waals surface area contributed by atoms with Gasteiger partial charge in [-0.3, -0.25) is 9.59 Å². The topological polar surface area (TPSA) is 67.9 Å². The Morgan fingerprint density at radius 1 is 0.897 bits per heavy atom. The first-order valence-corrected chi connectivity index (χ1v) is 10.2. The number of hydrogen-bond donors (Lipinski definition) is 1. The Balaban J connectivity index is 1.45. The van der Waals surface area contributed by atoms with E-state index in [1.54, 1.807) is 4.90 Å². The van der Waals surface area contributed by atoms with Crippen LogP contribution in [0.5, 0.6) is 0 Å². The summed E-state index contributed by atoms with van der Waals surface area (Å²) in [4.78, 5) is 27.0. The van der Waals surface area contributed by atoms with Crippen molar-refractivity contribution in [3.05, 3.63) is 60.2 Å². The molecule has 6 nitrogen and oxygen atoms in total. The second-order valence-corrected chi connectivity index (χ2v) is 7.45. The number of carbonyl (C=O) groups is 2. The zero-order chi connectivity index (χ0) is 20.1. The average Bonchev–Trinajstić information content (AvgIpc) is 3.47. The van der Waals surface area contributed by atoms with Gasteiger partial charge in [-0.25, -0.2) is 0 Å². The van der Waals surface area contributed by atoms with Crippen LogP contribution in [0, 0.1) is 0 Å². The molecule has 2 aliphatic heterocycles. The maximum absolute atomic E-state index is 13.0. The van der Waals surface area contributed by atoms with Gasteiger partial charge in [0.2, 0.25) is 0 Å². The highest BCUT2D eigenvalue weighted by molar-refractivity contribution is 5.97. The highest BCUT2D eigenvalue weighted by atomic mass is 16.5. The fourth-order valence-corrected chi connectivity index (χ4v) is 3.73. The van der Waals surface area contributed by atoms with Gasteiger partial charge >= 0.3 is 0 Å². The molecule has 152 valence electrons. The standard InChI is InChI=1S/C23H26N2O4/c26-22(20-8-4-14-28-20)24-18-12-10-17(11-13-18)16-25(19-6-2-1-3-7-19)23(27)21-9-5-15-29-21/h1-3,6-7,10-13,20-21H,4-5,8-9,14-16H2,(H,24,26). The van der Waals surface area contributed by atoms with E-state index in [9.17, 15) is 9.59 Å². The van der Waals surface area contributed by atoms with E-state index < -0.39 is 0 Å². The zero-order valence-electron chi connectivity index (χ0n) is 16.4. The number of carbonyl (C=O) groups excluding carboxylic acids is 2. The number of ether oxygens (including phenoxy) is 2. The highest BCUT2D eigenvalue weighted by Crippen LogP contribution is 2.23. The molecule has 1 N–H and O–H groups in total. The van der Waals surface area contributed by atoms with Crippen LogP contribution < -0.4 is 10.2 Å². The van der Waals surface area contributed by atoms with Crippen molar-refractivity contribution in [3.8, 4) is 0 Å². The van der Waals surface area contributed by atoms with Crippen molar-refractivity contribution in [1.29, 1.82) is 0 Å². The molecule has 2 atom stereocenters. The highest BCUT2D eigenvalue weighted by Gasteiger charge is 2.29. The molecule has 2 aromatic carbocycles. The number of hydrogen-bond acceptors (Lipinski definition) is 4. The van der Waals surface area contributed by atoms with Crippen LogP contribution in [0.3, 0.4) is 0 Å². The van der Waals surface area contributed by atoms with E-state index in [0.717, 1.165) is 42.6 Å². The van der Waals surface area contributed by atoms with Crippen LogP contribution >= 0.6 is 0 Å². The predicted molar refractivity (Wildman–Crippen MR) is 111 cm³/mol. The molecule has 2 aliphatic rings. The Labute approximate surface area is 170 Å². The summed E-state index contributed by atoms with van der Waals surface area (Å²) in [5.41, 5.74) is 2.56. The predicted octanol–water partition coefficient (Wildman–Crippen LogP) is 3.52. The van der Waals surface area contributed by atoms with Crippen LogP contribution in [-0.2, 0) is 25.6 Å². The largest absolute Gasteiger partial charge is 0.368 e. The summed E-state index contributed by atoms with van der Waals surface area (Å²) in [5, 5.41) is 2.90. The molecule has 2 heterocycles. The van der Waals surface area contributed by atoms with E-state index >= 15 is 0 Å². The van der Waals surface area contributed by atoms with Crippen molar-refractivity contribution in [2.45, 2.75) is 44.4 Å². The number of nitrogens with one attached hydrogen (secondary N) is 1. The van der Waals surface area contributed by atoms with Crippen molar-refractivity contribution in [2.24, 2.45) is 0 Å². The smallest absolute Gasteiger partial charge is 0.256 e. The van der Waals surface area contributed by atoms with Gasteiger partial charge < -0.3 is 19.7 Å². The molecule has 2 unspecified atom stereocenters. The van der Waals surface area contributed by atoms with Crippen LogP contribution in [0.1, 0.15) is 31.2 Å². The van der Waals surface area contributed by atoms with Gasteiger partial charge in [0, 0.05) is 24.6 Å². The third kappa shape index (κ3) is 4.83. The molecule has 4 rings (SSSR count). The molecule has 0 aliphatic carbocycles. The normalized spacial score (nSPS) is 21.1. The third-order valence-corrected chi connectivity index (χ3v) is 5.32. The van der Waals surface area contributed by atoms with Gasteiger partial charge in [-0.1, -0.05) is 30.3 Å². The zero-order valence-corrected chi connectivity index (χ0v) is 16.4. The lowest BCUT2D eigenvalue weighted by atomic mass is 10.1. The molecular formula is C23H26N2O4. The summed E-state index contributed by atoms with van der Waals surface area (Å²) < 4.78 is 11.0. The van der Waals surface area contributed by atoms with Crippen LogP contribution in [0.15, 0.2) is 54.6 Å². The van der Waals surface area contributed by atoms with Crippen LogP contribution in [0.25, 0.3) is 0 Å². The maximum Gasteiger partial charge on any atom is 0.256 e. The Morgan fingerprint density at radius 3 is 2.17 bits per heavy atom. The number of amides is 2. The molecule has 0 saturated carbocycles. The van der Waals surface area contributed by atoms with Gasteiger partial charge in [0.1, 0.15) is 12.2 Å². The minimum atomic E-state index is -0.375. The van der Waals surface area contributed by atoms with Crippen molar-refractivity contribution in [1.82, 2.24) is 0 Å². The SMILES string of the molecule is O=C(Nc1ccc(CN(C(=O)C2CCCO2)c2ccccc2)cc1)C1CCCO1. The van der Waals surface area contributed by atoms with Crippen molar-refractivity contribution < 1.29 is 19.1 Å². The van der Waals surface area contributed by atoms with Crippen molar-refractivity contribution in [3.63, 3.8) is 0 Å². The van der Waals surface area contributed by atoms with Gasteiger partial charge in [-0.15, -0.1) is 0 Å². The lowest BCUT2D eigenvalue weighted by Gasteiger charge is -2.25. The monoisotopic (exact) mass is 394 g/mol. The van der Waals surface area contributed by atoms with Gasteiger partial charge in [-0.2, -0.15) is 0 Å². The van der Waals surface area contributed by atoms with E-state index in [0.29, 0.717) is 19.8 Å². The first-order valence-electron chi connectivity index (χ1n) is 10.2. The Kier molecular flexibility index (Phi) is 6.22. The number of para-hydroxylation sites is 1. The summed E-state index contributed by atoms with van der Waals surface area (Å²) >= 11 is 0. The van der Waals surface area contributed by atoms with E-state index in [2.05, 4.69) is 5.32 Å². The number of rotatable bonds is 6. The van der Waals surface area contributed by atoms with E-state index in [-0.39, 0.29) is 24.0 Å². The number of anilines is 2. The van der Waals surface area contributed by atoms with Crippen LogP contribution in [-0.4, -0.2) is 37.2 Å². The molecule has 0 spiro atoms. The summed E-state index contributed by atoms with van der Waals surface area (Å²) in [7, 11) is 0. The van der Waals surface area contributed by atoms with Crippen molar-refractivity contribution >= 4 is 23.2 Å². The Bertz CT molecular complexity index is 826. The molecule has 2 fully saturated rings. The maximum atomic E-state index is 13.0. The minimum absolute atomic E-state index is 0.00976. The molecule has 2 saturated heterocycles. The fourth-order valence-electron chi connectivity index (χ4n) is 3.73. The molecule has 2 aromatic rings. The van der Waals surface area contributed by atoms with Crippen LogP contribution in [0.4, 0.5) is 11.4 Å². The number of benzene rings is 2. The summed E-state index contributed by atoms with van der Waals surface area (Å²) in [6, 6.07) is 17.2. The first-order chi connectivity index (χ1) is 14.2. The molecule has 0 aromatic heterocycles. The molecule has 29 heavy (non-hydrogen) atoms. The lowest BCUT2D eigenvalue weighted by molar-refractivity contribution is -0.127. The van der Waals surface area contributed by atoms with Gasteiger partial charge in [0.25, 0.3) is 11.8 Å². The molecular weight excluding hydrogens is 368 g/mol. The quantitative estimate of drug-likeness (QED) is 0.814. The van der Waals surface area contributed by atoms with E-state index in [1.165, 1.54) is 0 Å². The lowest BCUT2D eigenvalue weighted by Crippen LogP contribution is -2.38. The average molecular weight is 394 g/mol. The Hall–Kier alpha value is -2.70. The molecule has 0 radical (unpaired) electrons. The fraction of sp³-hybridized carbons (Fsp3) is 0.391. The van der Waals surface area contributed by atoms with E-state index in [4.69, 9.17) is 9.47 Å². The van der Waals surface area contributed by atoms with Gasteiger partial charge in [0.05, 0.1) is 6.54 Å². The van der Waals surface area contributed by atoms with E-state index in [1.807, 2.05) is 54.6 Å². The minimum Gasteiger partial charge on any atom is -0.368 e. The summed E-state index contributed by atoms with van der Waals surface area (Å²) in [5.74, 6) is -0.112. The summed E-state index contributed by atoms with van der Waals surface area (Å²) in [6.07, 6.45) is 2.63. The van der Waals surface area contributed by atoms with Crippen LogP contribution in [0.2, 0.25) is 0 Å². The van der Waals surface area contributed by atoms with Gasteiger partial charge in [-0.05, 0) is 55.5 Å². The molecule has 6 heteroatoms. The second-order valence-electron chi connectivity index (χ2n) is 7.45. The number of nitrogens with zero attached hydrogens (tertiary/aromatic N) is 1. The van der Waals surface area contributed by atoms with Gasteiger partial charge in [0.15, 0.2) is 0 Å². The second kappa shape index (κ2) is 9.20. The molecule has 0 bridgehead atoms. The third-order valence-electron chi connectivity index (χ3n) is 5.32. The molecule has 2 amide bonds. The first kappa shape index (κ1) is 19.6.